The number of hydrogen-bond acceptors (Lipinski definition) is 4. The summed E-state index contributed by atoms with van der Waals surface area (Å²) in [5.74, 6) is -0.227. The Bertz CT molecular complexity index is 480. The fourth-order valence-corrected chi connectivity index (χ4v) is 3.59. The van der Waals surface area contributed by atoms with Crippen molar-refractivity contribution in [3.63, 3.8) is 0 Å². The van der Waals surface area contributed by atoms with Crippen molar-refractivity contribution in [1.82, 2.24) is 0 Å². The summed E-state index contributed by atoms with van der Waals surface area (Å²) in [6, 6.07) is 0. The van der Waals surface area contributed by atoms with Crippen molar-refractivity contribution in [1.29, 1.82) is 0 Å². The van der Waals surface area contributed by atoms with E-state index >= 15 is 0 Å². The fourth-order valence-electron chi connectivity index (χ4n) is 1.97. The smallest absolute Gasteiger partial charge is 0.408 e. The molecule has 9 heteroatoms. The predicted molar refractivity (Wildman–Crippen MR) is 75.4 cm³/mol. The van der Waals surface area contributed by atoms with Gasteiger partial charge in [0.1, 0.15) is 11.9 Å². The van der Waals surface area contributed by atoms with Crippen LogP contribution >= 0.6 is 0 Å². The summed E-state index contributed by atoms with van der Waals surface area (Å²) in [7, 11) is -7.69. The zero-order chi connectivity index (χ0) is 16.3. The van der Waals surface area contributed by atoms with Crippen LogP contribution in [0.15, 0.2) is 11.8 Å². The monoisotopic (exact) mass is 346 g/mol. The number of rotatable bonds is 4. The molecule has 1 atom stereocenters. The second-order valence-electron chi connectivity index (χ2n) is 5.95. The normalized spacial score (nSPS) is 22.2. The van der Waals surface area contributed by atoms with Gasteiger partial charge in [-0.15, -0.1) is 0 Å². The number of alkyl halides is 3. The van der Waals surface area contributed by atoms with Crippen LogP contribution in [0.5, 0.6) is 0 Å². The molecule has 0 saturated heterocycles. The Morgan fingerprint density at radius 1 is 1.19 bits per heavy atom. The van der Waals surface area contributed by atoms with Gasteiger partial charge in [0.2, 0.25) is 0 Å². The number of hydrogen-bond donors (Lipinski definition) is 0. The summed E-state index contributed by atoms with van der Waals surface area (Å²) in [4.78, 5) is 0. The van der Waals surface area contributed by atoms with Gasteiger partial charge in [-0.05, 0) is 45.0 Å². The van der Waals surface area contributed by atoms with Crippen LogP contribution in [0, 0.1) is 0 Å². The van der Waals surface area contributed by atoms with Crippen LogP contribution in [-0.2, 0) is 18.7 Å². The molecule has 1 aliphatic rings. The molecule has 0 aliphatic heterocycles. The highest BCUT2D eigenvalue weighted by Gasteiger charge is 2.49. The first-order valence-corrected chi connectivity index (χ1v) is 11.6. The summed E-state index contributed by atoms with van der Waals surface area (Å²) in [6.45, 7) is 5.67. The van der Waals surface area contributed by atoms with Crippen molar-refractivity contribution in [3.05, 3.63) is 11.8 Å². The van der Waals surface area contributed by atoms with Gasteiger partial charge < -0.3 is 8.61 Å². The molecule has 0 fully saturated rings. The maximum absolute atomic E-state index is 12.5. The van der Waals surface area contributed by atoms with Gasteiger partial charge in [-0.25, -0.2) is 0 Å². The predicted octanol–water partition coefficient (Wildman–Crippen LogP) is 3.92. The molecule has 0 radical (unpaired) electrons. The molecule has 0 amide bonds. The van der Waals surface area contributed by atoms with Gasteiger partial charge in [0.15, 0.2) is 8.32 Å². The van der Waals surface area contributed by atoms with E-state index in [9.17, 15) is 21.6 Å². The molecule has 0 aromatic heterocycles. The van der Waals surface area contributed by atoms with Crippen LogP contribution in [0.2, 0.25) is 19.6 Å². The first-order valence-electron chi connectivity index (χ1n) is 6.81. The summed E-state index contributed by atoms with van der Waals surface area (Å²) in [6.07, 6.45) is 4.11. The average Bonchev–Trinajstić information content (AvgIpc) is 2.24. The summed E-state index contributed by atoms with van der Waals surface area (Å²) in [5.41, 5.74) is -5.43. The molecule has 0 aromatic rings. The first kappa shape index (κ1) is 18.5. The van der Waals surface area contributed by atoms with Crippen LogP contribution in [0.1, 0.15) is 32.1 Å². The van der Waals surface area contributed by atoms with Gasteiger partial charge in [0.25, 0.3) is 0 Å². The summed E-state index contributed by atoms with van der Waals surface area (Å²) >= 11 is 0. The van der Waals surface area contributed by atoms with Crippen LogP contribution in [0.3, 0.4) is 0 Å². The van der Waals surface area contributed by atoms with E-state index in [0.717, 1.165) is 19.3 Å². The van der Waals surface area contributed by atoms with E-state index in [2.05, 4.69) is 4.18 Å². The largest absolute Gasteiger partial charge is 0.534 e. The van der Waals surface area contributed by atoms with Gasteiger partial charge in [-0.3, -0.25) is 0 Å². The standard InChI is InChI=1S/C12H21F3O4SSi/c1-21(2,3)19-11-9-7-5-4-6-8-10(11)18-20(16,17)12(13,14)15/h8,11H,4-7,9H2,1-3H3. The molecule has 4 nitrogen and oxygen atoms in total. The van der Waals surface area contributed by atoms with Crippen LogP contribution in [-0.4, -0.2) is 28.3 Å². The first-order chi connectivity index (χ1) is 9.42. The van der Waals surface area contributed by atoms with Gasteiger partial charge in [0.05, 0.1) is 0 Å². The van der Waals surface area contributed by atoms with Gasteiger partial charge in [-0.1, -0.05) is 12.8 Å². The minimum absolute atomic E-state index is 0.227. The lowest BCUT2D eigenvalue weighted by Gasteiger charge is -2.29. The lowest BCUT2D eigenvalue weighted by molar-refractivity contribution is -0.0532. The Morgan fingerprint density at radius 3 is 2.33 bits per heavy atom. The molecule has 1 unspecified atom stereocenters. The van der Waals surface area contributed by atoms with Gasteiger partial charge >= 0.3 is 15.6 Å². The van der Waals surface area contributed by atoms with Crippen molar-refractivity contribution in [2.45, 2.75) is 63.4 Å². The van der Waals surface area contributed by atoms with Crippen molar-refractivity contribution >= 4 is 18.4 Å². The Morgan fingerprint density at radius 2 is 1.81 bits per heavy atom. The van der Waals surface area contributed by atoms with Crippen LogP contribution < -0.4 is 0 Å². The minimum Gasteiger partial charge on any atom is -0.408 e. The molecule has 0 N–H and O–H groups in total. The van der Waals surface area contributed by atoms with Crippen molar-refractivity contribution in [2.24, 2.45) is 0 Å². The maximum atomic E-state index is 12.5. The van der Waals surface area contributed by atoms with Crippen LogP contribution in [0.4, 0.5) is 13.2 Å². The molecule has 1 rings (SSSR count). The van der Waals surface area contributed by atoms with E-state index in [-0.39, 0.29) is 5.76 Å². The Balaban J connectivity index is 3.00. The third kappa shape index (κ3) is 5.99. The molecule has 0 bridgehead atoms. The zero-order valence-corrected chi connectivity index (χ0v) is 14.2. The van der Waals surface area contributed by atoms with Crippen molar-refractivity contribution < 1.29 is 30.2 Å². The SMILES string of the molecule is C[Si](C)(C)OC1CCCCCC=C1OS(=O)(=O)C(F)(F)F. The summed E-state index contributed by atoms with van der Waals surface area (Å²) < 4.78 is 69.9. The Kier molecular flexibility index (Phi) is 5.90. The summed E-state index contributed by atoms with van der Waals surface area (Å²) in [5, 5.41) is 0. The number of allylic oxidation sites excluding steroid dienone is 1. The van der Waals surface area contributed by atoms with E-state index in [1.807, 2.05) is 19.6 Å². The molecular formula is C12H21F3O4SSi. The van der Waals surface area contributed by atoms with Gasteiger partial charge in [-0.2, -0.15) is 21.6 Å². The highest BCUT2D eigenvalue weighted by atomic mass is 32.2. The van der Waals surface area contributed by atoms with E-state index in [0.29, 0.717) is 12.8 Å². The highest BCUT2D eigenvalue weighted by molar-refractivity contribution is 7.87. The van der Waals surface area contributed by atoms with E-state index in [4.69, 9.17) is 4.43 Å². The molecule has 0 heterocycles. The number of halogens is 3. The van der Waals surface area contributed by atoms with Gasteiger partial charge in [0, 0.05) is 0 Å². The molecule has 0 spiro atoms. The van der Waals surface area contributed by atoms with E-state index in [1.54, 1.807) is 0 Å². The second kappa shape index (κ2) is 6.70. The average molecular weight is 346 g/mol. The quantitative estimate of drug-likeness (QED) is 0.440. The molecule has 21 heavy (non-hydrogen) atoms. The molecule has 0 aromatic carbocycles. The highest BCUT2D eigenvalue weighted by Crippen LogP contribution is 2.31. The van der Waals surface area contributed by atoms with Crippen molar-refractivity contribution in [2.75, 3.05) is 0 Å². The lowest BCUT2D eigenvalue weighted by Crippen LogP contribution is -2.36. The van der Waals surface area contributed by atoms with Crippen LogP contribution in [0.25, 0.3) is 0 Å². The third-order valence-electron chi connectivity index (χ3n) is 2.82. The lowest BCUT2D eigenvalue weighted by atomic mass is 10.0. The molecular weight excluding hydrogens is 325 g/mol. The fraction of sp³-hybridized carbons (Fsp3) is 0.833. The molecule has 124 valence electrons. The molecule has 1 aliphatic carbocycles. The Hall–Kier alpha value is -0.543. The Labute approximate surface area is 124 Å². The van der Waals surface area contributed by atoms with Crippen molar-refractivity contribution in [3.8, 4) is 0 Å². The maximum Gasteiger partial charge on any atom is 0.534 e. The second-order valence-corrected chi connectivity index (χ2v) is 11.9. The minimum atomic E-state index is -5.65. The topological polar surface area (TPSA) is 52.6 Å². The molecule has 0 saturated carbocycles. The third-order valence-corrected chi connectivity index (χ3v) is 4.79. The van der Waals surface area contributed by atoms with E-state index < -0.39 is 30.0 Å². The van der Waals surface area contributed by atoms with E-state index in [1.165, 1.54) is 6.08 Å². The zero-order valence-electron chi connectivity index (χ0n) is 12.4.